The summed E-state index contributed by atoms with van der Waals surface area (Å²) >= 11 is 0. The number of hydrogen-bond donors (Lipinski definition) is 1. The van der Waals surface area contributed by atoms with Crippen LogP contribution in [0.5, 0.6) is 0 Å². The average molecular weight is 259 g/mol. The van der Waals surface area contributed by atoms with E-state index < -0.39 is 0 Å². The molecule has 1 aromatic heterocycles. The molecule has 3 heteroatoms. The molecule has 1 aliphatic heterocycles. The fraction of sp³-hybridized carbons (Fsp3) is 0.500. The Morgan fingerprint density at radius 2 is 2.26 bits per heavy atom. The molecular weight excluding hydrogens is 238 g/mol. The summed E-state index contributed by atoms with van der Waals surface area (Å²) in [6.07, 6.45) is 4.70. The van der Waals surface area contributed by atoms with Gasteiger partial charge >= 0.3 is 0 Å². The quantitative estimate of drug-likeness (QED) is 0.910. The largest absolute Gasteiger partial charge is 0.459 e. The Morgan fingerprint density at radius 1 is 1.37 bits per heavy atom. The van der Waals surface area contributed by atoms with Crippen molar-refractivity contribution in [3.8, 4) is 0 Å². The highest BCUT2D eigenvalue weighted by atomic mass is 16.5. The second kappa shape index (κ2) is 5.35. The van der Waals surface area contributed by atoms with Gasteiger partial charge in [0, 0.05) is 12.0 Å². The molecule has 0 amide bonds. The lowest BCUT2D eigenvalue weighted by Gasteiger charge is -2.12. The lowest BCUT2D eigenvalue weighted by molar-refractivity contribution is 0.100. The molecule has 2 N–H and O–H groups in total. The molecule has 0 spiro atoms. The second-order valence-electron chi connectivity index (χ2n) is 5.51. The first-order chi connectivity index (χ1) is 9.22. The Labute approximate surface area is 113 Å². The van der Waals surface area contributed by atoms with E-state index in [1.807, 2.05) is 6.07 Å². The first kappa shape index (κ1) is 12.7. The van der Waals surface area contributed by atoms with Gasteiger partial charge in [-0.05, 0) is 50.8 Å². The maximum atomic E-state index is 6.23. The van der Waals surface area contributed by atoms with E-state index in [9.17, 15) is 0 Å². The third kappa shape index (κ3) is 2.82. The zero-order valence-electron chi connectivity index (χ0n) is 11.4. The van der Waals surface area contributed by atoms with Crippen molar-refractivity contribution in [3.63, 3.8) is 0 Å². The van der Waals surface area contributed by atoms with E-state index in [0.717, 1.165) is 36.2 Å². The molecule has 1 fully saturated rings. The molecule has 2 aromatic rings. The summed E-state index contributed by atoms with van der Waals surface area (Å²) in [5, 5.41) is 1.14. The normalized spacial score (nSPS) is 21.1. The van der Waals surface area contributed by atoms with E-state index in [1.165, 1.54) is 18.4 Å². The number of benzene rings is 1. The molecular formula is C16H21NO2. The van der Waals surface area contributed by atoms with Crippen LogP contribution in [0.1, 0.15) is 43.0 Å². The monoisotopic (exact) mass is 259 g/mol. The van der Waals surface area contributed by atoms with Crippen LogP contribution in [0.4, 0.5) is 0 Å². The predicted octanol–water partition coefficient (Wildman–Crippen LogP) is 3.70. The highest BCUT2D eigenvalue weighted by Crippen LogP contribution is 2.27. The topological polar surface area (TPSA) is 48.4 Å². The molecule has 3 rings (SSSR count). The van der Waals surface area contributed by atoms with Crippen molar-refractivity contribution in [2.24, 2.45) is 5.73 Å². The van der Waals surface area contributed by atoms with E-state index in [0.29, 0.717) is 6.10 Å². The van der Waals surface area contributed by atoms with Crippen LogP contribution < -0.4 is 5.73 Å². The molecule has 2 atom stereocenters. The Bertz CT molecular complexity index is 555. The molecule has 0 radical (unpaired) electrons. The Kier molecular flexibility index (Phi) is 3.58. The maximum Gasteiger partial charge on any atom is 0.134 e. The van der Waals surface area contributed by atoms with Gasteiger partial charge in [0.1, 0.15) is 11.3 Å². The zero-order valence-corrected chi connectivity index (χ0v) is 11.4. The van der Waals surface area contributed by atoms with Crippen LogP contribution in [-0.2, 0) is 4.74 Å². The van der Waals surface area contributed by atoms with E-state index in [-0.39, 0.29) is 6.04 Å². The average Bonchev–Trinajstić information content (AvgIpc) is 3.04. The van der Waals surface area contributed by atoms with Crippen LogP contribution in [0.15, 0.2) is 28.7 Å². The minimum Gasteiger partial charge on any atom is -0.459 e. The van der Waals surface area contributed by atoms with Gasteiger partial charge in [-0.1, -0.05) is 11.6 Å². The third-order valence-corrected chi connectivity index (χ3v) is 3.88. The summed E-state index contributed by atoms with van der Waals surface area (Å²) in [5.74, 6) is 0.888. The fourth-order valence-corrected chi connectivity index (χ4v) is 2.75. The molecule has 3 nitrogen and oxygen atoms in total. The Hall–Kier alpha value is -1.32. The molecule has 0 saturated carbocycles. The first-order valence-electron chi connectivity index (χ1n) is 7.09. The van der Waals surface area contributed by atoms with Crippen molar-refractivity contribution in [2.75, 3.05) is 6.61 Å². The van der Waals surface area contributed by atoms with Crippen molar-refractivity contribution in [1.82, 2.24) is 0 Å². The number of fused-ring (bicyclic) bond motifs is 1. The lowest BCUT2D eigenvalue weighted by atomic mass is 10.0. The maximum absolute atomic E-state index is 6.23. The minimum absolute atomic E-state index is 0.0306. The van der Waals surface area contributed by atoms with Crippen LogP contribution in [-0.4, -0.2) is 12.7 Å². The van der Waals surface area contributed by atoms with Crippen molar-refractivity contribution in [1.29, 1.82) is 0 Å². The summed E-state index contributed by atoms with van der Waals surface area (Å²) in [6.45, 7) is 2.99. The fourth-order valence-electron chi connectivity index (χ4n) is 2.75. The van der Waals surface area contributed by atoms with Gasteiger partial charge in [0.15, 0.2) is 0 Å². The smallest absolute Gasteiger partial charge is 0.134 e. The third-order valence-electron chi connectivity index (χ3n) is 3.88. The van der Waals surface area contributed by atoms with Gasteiger partial charge < -0.3 is 14.9 Å². The molecule has 0 bridgehead atoms. The van der Waals surface area contributed by atoms with Gasteiger partial charge in [-0.15, -0.1) is 0 Å². The van der Waals surface area contributed by atoms with Crippen molar-refractivity contribution < 1.29 is 9.15 Å². The number of hydrogen-bond acceptors (Lipinski definition) is 3. The van der Waals surface area contributed by atoms with E-state index in [4.69, 9.17) is 14.9 Å². The van der Waals surface area contributed by atoms with Crippen molar-refractivity contribution in [3.05, 3.63) is 35.6 Å². The molecule has 2 unspecified atom stereocenters. The van der Waals surface area contributed by atoms with Gasteiger partial charge in [0.05, 0.1) is 12.1 Å². The zero-order chi connectivity index (χ0) is 13.2. The summed E-state index contributed by atoms with van der Waals surface area (Å²) in [5.41, 5.74) is 8.39. The standard InChI is InChI=1S/C16H21NO2/c1-11-4-7-15-12(9-11)10-16(19-15)14(17)6-5-13-3-2-8-18-13/h4,7,9-10,13-14H,2-3,5-6,8,17H2,1H3. The predicted molar refractivity (Wildman–Crippen MR) is 76.1 cm³/mol. The minimum atomic E-state index is -0.0306. The highest BCUT2D eigenvalue weighted by molar-refractivity contribution is 5.78. The summed E-state index contributed by atoms with van der Waals surface area (Å²) in [6, 6.07) is 8.25. The molecule has 19 heavy (non-hydrogen) atoms. The van der Waals surface area contributed by atoms with Crippen LogP contribution in [0.2, 0.25) is 0 Å². The molecule has 1 saturated heterocycles. The van der Waals surface area contributed by atoms with Gasteiger partial charge in [0.2, 0.25) is 0 Å². The SMILES string of the molecule is Cc1ccc2oc(C(N)CCC3CCCO3)cc2c1. The molecule has 102 valence electrons. The number of ether oxygens (including phenoxy) is 1. The molecule has 0 aliphatic carbocycles. The highest BCUT2D eigenvalue weighted by Gasteiger charge is 2.18. The van der Waals surface area contributed by atoms with Gasteiger partial charge in [-0.25, -0.2) is 0 Å². The number of nitrogens with two attached hydrogens (primary N) is 1. The van der Waals surface area contributed by atoms with E-state index in [2.05, 4.69) is 25.1 Å². The number of rotatable bonds is 4. The summed E-state index contributed by atoms with van der Waals surface area (Å²) in [4.78, 5) is 0. The van der Waals surface area contributed by atoms with E-state index >= 15 is 0 Å². The van der Waals surface area contributed by atoms with Crippen molar-refractivity contribution in [2.45, 2.75) is 44.8 Å². The van der Waals surface area contributed by atoms with Crippen LogP contribution in [0.25, 0.3) is 11.0 Å². The molecule has 1 aliphatic rings. The van der Waals surface area contributed by atoms with Gasteiger partial charge in [-0.2, -0.15) is 0 Å². The Balaban J connectivity index is 1.68. The molecule has 2 heterocycles. The van der Waals surface area contributed by atoms with E-state index in [1.54, 1.807) is 0 Å². The second-order valence-corrected chi connectivity index (χ2v) is 5.51. The molecule has 1 aromatic carbocycles. The first-order valence-corrected chi connectivity index (χ1v) is 7.09. The number of aryl methyl sites for hydroxylation is 1. The Morgan fingerprint density at radius 3 is 3.05 bits per heavy atom. The number of furan rings is 1. The van der Waals surface area contributed by atoms with Crippen molar-refractivity contribution >= 4 is 11.0 Å². The lowest BCUT2D eigenvalue weighted by Crippen LogP contribution is -2.13. The van der Waals surface area contributed by atoms with Gasteiger partial charge in [-0.3, -0.25) is 0 Å². The summed E-state index contributed by atoms with van der Waals surface area (Å²) in [7, 11) is 0. The van der Waals surface area contributed by atoms with Crippen LogP contribution in [0, 0.1) is 6.92 Å². The summed E-state index contributed by atoms with van der Waals surface area (Å²) < 4.78 is 11.5. The van der Waals surface area contributed by atoms with Gasteiger partial charge in [0.25, 0.3) is 0 Å². The van der Waals surface area contributed by atoms with Crippen LogP contribution in [0.3, 0.4) is 0 Å². The van der Waals surface area contributed by atoms with Crippen LogP contribution >= 0.6 is 0 Å².